The molecule has 3 rings (SSSR count). The minimum atomic E-state index is -0.374. The Kier molecular flexibility index (Phi) is 38.7. The average Bonchev–Trinajstić information content (AvgIpc) is 3.73. The van der Waals surface area contributed by atoms with Crippen LogP contribution < -0.4 is 18.9 Å². The van der Waals surface area contributed by atoms with Crippen LogP contribution in [0.5, 0.6) is 0 Å². The van der Waals surface area contributed by atoms with E-state index in [4.69, 9.17) is 23.7 Å². The van der Waals surface area contributed by atoms with Gasteiger partial charge in [-0.25, -0.2) is 5.06 Å². The molecule has 2 aromatic rings. The largest absolute Gasteiger partial charge is 1.00 e. The first-order valence-electron chi connectivity index (χ1n) is 17.0. The minimum Gasteiger partial charge on any atom is -0.381 e. The van der Waals surface area contributed by atoms with Crippen molar-refractivity contribution in [1.29, 1.82) is 0 Å². The number of ether oxygens (including phenoxy) is 5. The Morgan fingerprint density at radius 1 is 0.784 bits per heavy atom. The Hall–Kier alpha value is -2.46. The molecule has 0 bridgehead atoms. The topological polar surface area (TPSA) is 92.8 Å². The molecule has 0 atom stereocenters. The van der Waals surface area contributed by atoms with Gasteiger partial charge in [0.05, 0.1) is 7.11 Å². The molecule has 0 aromatic heterocycles. The maximum atomic E-state index is 11.5. The summed E-state index contributed by atoms with van der Waals surface area (Å²) in [5, 5.41) is 1.07. The Bertz CT molecular complexity index is 1230. The second-order valence-corrected chi connectivity index (χ2v) is 10.8. The molecule has 280 valence electrons. The van der Waals surface area contributed by atoms with Gasteiger partial charge in [-0.1, -0.05) is 65.4 Å². The van der Waals surface area contributed by atoms with Crippen LogP contribution in [0.2, 0.25) is 0 Å². The van der Waals surface area contributed by atoms with Gasteiger partial charge < -0.3 is 30.6 Å². The molecule has 1 fully saturated rings. The molecule has 0 aliphatic carbocycles. The van der Waals surface area contributed by atoms with Crippen LogP contribution in [0.15, 0.2) is 53.0 Å². The number of benzene rings is 2. The predicted octanol–water partition coefficient (Wildman–Crippen LogP) is 5.94. The van der Waals surface area contributed by atoms with Crippen molar-refractivity contribution in [2.45, 2.75) is 86.7 Å². The number of nitrogens with zero attached hydrogens (tertiary/aromatic N) is 1. The van der Waals surface area contributed by atoms with Crippen LogP contribution in [0.1, 0.15) is 108 Å². The van der Waals surface area contributed by atoms with Gasteiger partial charge in [-0.05, 0) is 90.5 Å². The fourth-order valence-corrected chi connectivity index (χ4v) is 3.73. The van der Waals surface area contributed by atoms with Crippen LogP contribution in [-0.2, 0) is 33.3 Å². The number of hydroxylamine groups is 2. The monoisotopic (exact) mass is 767 g/mol. The molecule has 9 nitrogen and oxygen atoms in total. The summed E-state index contributed by atoms with van der Waals surface area (Å²) in [6, 6.07) is 15.1. The molecule has 1 saturated heterocycles. The molecular weight excluding hydrogens is 709 g/mol. The Balaban J connectivity index is -0.000000618. The van der Waals surface area contributed by atoms with Crippen molar-refractivity contribution >= 4 is 27.6 Å². The minimum absolute atomic E-state index is 0. The van der Waals surface area contributed by atoms with Gasteiger partial charge in [0.2, 0.25) is 5.78 Å². The van der Waals surface area contributed by atoms with E-state index in [-0.39, 0.29) is 43.1 Å². The average molecular weight is 769 g/mol. The first kappa shape index (κ1) is 52.9. The number of hydrogen-bond acceptors (Lipinski definition) is 8. The normalized spacial score (nSPS) is 10.8. The van der Waals surface area contributed by atoms with E-state index < -0.39 is 0 Å². The smallest absolute Gasteiger partial charge is 0.381 e. The second-order valence-electron chi connectivity index (χ2n) is 9.90. The number of halogens is 1. The van der Waals surface area contributed by atoms with Gasteiger partial charge in [-0.2, -0.15) is 6.42 Å². The summed E-state index contributed by atoms with van der Waals surface area (Å²) in [5.74, 6) is 9.37. The van der Waals surface area contributed by atoms with Crippen molar-refractivity contribution in [2.75, 3.05) is 53.8 Å². The second kappa shape index (κ2) is 37.3. The van der Waals surface area contributed by atoms with Crippen LogP contribution in [0.3, 0.4) is 0 Å². The molecule has 0 radical (unpaired) electrons. The number of hydrogen-bond donors (Lipinski definition) is 0. The number of rotatable bonds is 13. The summed E-state index contributed by atoms with van der Waals surface area (Å²) in [5.41, 5.74) is 2.54. The van der Waals surface area contributed by atoms with Crippen LogP contribution in [0.25, 0.3) is 0 Å². The maximum absolute atomic E-state index is 11.5. The van der Waals surface area contributed by atoms with Crippen molar-refractivity contribution in [2.24, 2.45) is 0 Å². The van der Waals surface area contributed by atoms with Gasteiger partial charge in [0, 0.05) is 67.9 Å². The number of unbranched alkanes of at least 4 members (excludes halogenated alkanes) is 1. The van der Waals surface area contributed by atoms with Gasteiger partial charge in [-0.3, -0.25) is 14.4 Å². The number of Topliss-reactive ketones (excluding diaryl/α,β-unsaturated/α-hetero) is 1. The first-order chi connectivity index (χ1) is 24.1. The van der Waals surface area contributed by atoms with Crippen molar-refractivity contribution in [1.82, 2.24) is 5.06 Å². The van der Waals surface area contributed by atoms with E-state index in [2.05, 4.69) is 58.3 Å². The van der Waals surface area contributed by atoms with Crippen molar-refractivity contribution < 1.29 is 57.0 Å². The third-order valence-electron chi connectivity index (χ3n) is 6.07. The predicted molar refractivity (Wildman–Crippen MR) is 204 cm³/mol. The number of ketones is 1. The first-order valence-corrected chi connectivity index (χ1v) is 17.8. The molecular formula is C40H59BrLiNO8. The zero-order chi connectivity index (χ0) is 38.0. The molecule has 0 N–H and O–H groups in total. The molecule has 0 saturated carbocycles. The molecule has 0 spiro atoms. The van der Waals surface area contributed by atoms with Crippen LogP contribution >= 0.6 is 15.9 Å². The molecule has 0 unspecified atom stereocenters. The van der Waals surface area contributed by atoms with E-state index in [0.717, 1.165) is 40.3 Å². The third kappa shape index (κ3) is 27.8. The zero-order valence-corrected chi connectivity index (χ0v) is 34.2. The van der Waals surface area contributed by atoms with E-state index in [1.54, 1.807) is 26.0 Å². The van der Waals surface area contributed by atoms with Gasteiger partial charge in [0.15, 0.2) is 12.6 Å². The van der Waals surface area contributed by atoms with Crippen LogP contribution in [-0.4, -0.2) is 70.6 Å². The molecule has 51 heavy (non-hydrogen) atoms. The standard InChI is InChI=1S/C15H18O3.C11H15BrO2.C6H9NO2.C4H8O.C4H9.Li/c1-4-7-14(16)12-8-10-13(11-9-12)15(17-5-2)18-6-3;1-3-13-11(14-4-2)9-5-7-10(12)8-6-9;1-4-5-6(8)7(2)9-3;1-2-4-5-3-1;1-3-4-2;/h8-11,15H,5-6H2,1-3H3;5-8,11H,3-4H2,1-2H3;1-3H3;1-4H2;1,3-4H2,2H3;/q;;;;-1;+1. The zero-order valence-electron chi connectivity index (χ0n) is 32.6. The SMILES string of the molecule is C1CCOC1.CC#CC(=O)N(C)OC.CC#CC(=O)c1ccc(C(OCC)OCC)cc1.CCOC(OCC)c1ccc(Br)cc1.[CH2-]CCC.[Li+]. The molecule has 2 aromatic carbocycles. The van der Waals surface area contributed by atoms with Crippen molar-refractivity contribution in [3.63, 3.8) is 0 Å². The maximum Gasteiger partial charge on any atom is 1.00 e. The van der Waals surface area contributed by atoms with E-state index in [0.29, 0.717) is 32.0 Å². The van der Waals surface area contributed by atoms with E-state index in [1.165, 1.54) is 33.4 Å². The molecule has 1 heterocycles. The fraction of sp³-hybridized carbons (Fsp3) is 0.525. The Morgan fingerprint density at radius 2 is 1.18 bits per heavy atom. The third-order valence-corrected chi connectivity index (χ3v) is 6.60. The summed E-state index contributed by atoms with van der Waals surface area (Å²) >= 11 is 3.39. The van der Waals surface area contributed by atoms with E-state index in [1.807, 2.05) is 64.1 Å². The Morgan fingerprint density at radius 3 is 1.47 bits per heavy atom. The molecule has 1 aliphatic rings. The van der Waals surface area contributed by atoms with Crippen LogP contribution in [0, 0.1) is 30.6 Å². The summed E-state index contributed by atoms with van der Waals surface area (Å²) in [6.45, 7) is 21.2. The molecule has 1 aliphatic heterocycles. The summed E-state index contributed by atoms with van der Waals surface area (Å²) < 4.78 is 27.9. The van der Waals surface area contributed by atoms with Crippen molar-refractivity contribution in [3.05, 3.63) is 76.6 Å². The summed E-state index contributed by atoms with van der Waals surface area (Å²) in [4.78, 5) is 26.7. The van der Waals surface area contributed by atoms with Gasteiger partial charge in [0.1, 0.15) is 0 Å². The summed E-state index contributed by atoms with van der Waals surface area (Å²) in [6.07, 6.45) is 4.22. The number of amides is 1. The molecule has 11 heteroatoms. The van der Waals surface area contributed by atoms with E-state index in [9.17, 15) is 9.59 Å². The number of carbonyl (C=O) groups excluding carboxylic acids is 2. The van der Waals surface area contributed by atoms with Crippen LogP contribution in [0.4, 0.5) is 0 Å². The summed E-state index contributed by atoms with van der Waals surface area (Å²) in [7, 11) is 2.92. The van der Waals surface area contributed by atoms with Gasteiger partial charge in [0.25, 0.3) is 0 Å². The fourth-order valence-electron chi connectivity index (χ4n) is 3.46. The van der Waals surface area contributed by atoms with Gasteiger partial charge in [-0.15, -0.1) is 0 Å². The Labute approximate surface area is 329 Å². The quantitative estimate of drug-likeness (QED) is 0.0471. The molecule has 1 amide bonds. The van der Waals surface area contributed by atoms with E-state index >= 15 is 0 Å². The van der Waals surface area contributed by atoms with Crippen molar-refractivity contribution in [3.8, 4) is 23.7 Å². The van der Waals surface area contributed by atoms with Gasteiger partial charge >= 0.3 is 24.8 Å². The number of carbonyl (C=O) groups is 2.